The predicted molar refractivity (Wildman–Crippen MR) is 73.4 cm³/mol. The highest BCUT2D eigenvalue weighted by atomic mass is 16.6. The lowest BCUT2D eigenvalue weighted by molar-refractivity contribution is -0.383. The fourth-order valence-corrected chi connectivity index (χ4v) is 2.16. The second-order valence-corrected chi connectivity index (χ2v) is 4.71. The number of carbonyl (C=O) groups excluding carboxylic acids is 1. The van der Waals surface area contributed by atoms with Crippen LogP contribution in [0.5, 0.6) is 0 Å². The molecule has 2 rings (SSSR count). The highest BCUT2D eigenvalue weighted by molar-refractivity contribution is 5.95. The van der Waals surface area contributed by atoms with E-state index in [1.165, 1.54) is 18.2 Å². The van der Waals surface area contributed by atoms with Crippen LogP contribution < -0.4 is 11.1 Å². The molecule has 3 N–H and O–H groups in total. The van der Waals surface area contributed by atoms with Crippen LogP contribution in [0.3, 0.4) is 0 Å². The summed E-state index contributed by atoms with van der Waals surface area (Å²) in [5.74, 6) is -0.342. The molecule has 0 bridgehead atoms. The summed E-state index contributed by atoms with van der Waals surface area (Å²) in [6, 6.07) is 4.04. The highest BCUT2D eigenvalue weighted by Crippen LogP contribution is 2.22. The summed E-state index contributed by atoms with van der Waals surface area (Å²) in [5.41, 5.74) is 5.51. The Morgan fingerprint density at radius 2 is 2.35 bits per heavy atom. The molecule has 1 unspecified atom stereocenters. The number of nitrogens with zero attached hydrogens (tertiary/aromatic N) is 1. The van der Waals surface area contributed by atoms with Crippen LogP contribution in [0.15, 0.2) is 18.2 Å². The summed E-state index contributed by atoms with van der Waals surface area (Å²) >= 11 is 0. The topological polar surface area (TPSA) is 107 Å². The molecular weight excluding hydrogens is 262 g/mol. The summed E-state index contributed by atoms with van der Waals surface area (Å²) < 4.78 is 5.45. The smallest absolute Gasteiger partial charge is 0.292 e. The molecule has 7 nitrogen and oxygen atoms in total. The van der Waals surface area contributed by atoms with Gasteiger partial charge in [0.05, 0.1) is 11.0 Å². The van der Waals surface area contributed by atoms with Crippen LogP contribution in [-0.2, 0) is 4.74 Å². The predicted octanol–water partition coefficient (Wildman–Crippen LogP) is 1.48. The highest BCUT2D eigenvalue weighted by Gasteiger charge is 2.17. The Bertz CT molecular complexity index is 512. The molecule has 0 saturated carbocycles. The number of ether oxygens (including phenoxy) is 1. The fraction of sp³-hybridized carbons (Fsp3) is 0.462. The molecule has 1 atom stereocenters. The van der Waals surface area contributed by atoms with E-state index in [2.05, 4.69) is 5.32 Å². The quantitative estimate of drug-likeness (QED) is 0.482. The molecule has 0 aromatic heterocycles. The van der Waals surface area contributed by atoms with Gasteiger partial charge in [0.25, 0.3) is 11.6 Å². The van der Waals surface area contributed by atoms with E-state index in [1.807, 2.05) is 0 Å². The van der Waals surface area contributed by atoms with Crippen LogP contribution in [0.25, 0.3) is 0 Å². The van der Waals surface area contributed by atoms with Crippen molar-refractivity contribution >= 4 is 17.3 Å². The molecule has 1 aliphatic heterocycles. The van der Waals surface area contributed by atoms with Crippen molar-refractivity contribution < 1.29 is 14.5 Å². The summed E-state index contributed by atoms with van der Waals surface area (Å²) in [6.07, 6.45) is 3.03. The molecule has 7 heteroatoms. The molecule has 1 amide bonds. The third kappa shape index (κ3) is 3.45. The lowest BCUT2D eigenvalue weighted by Gasteiger charge is -2.10. The number of carbonyl (C=O) groups is 1. The van der Waals surface area contributed by atoms with Gasteiger partial charge in [0.1, 0.15) is 5.69 Å². The lowest BCUT2D eigenvalue weighted by Crippen LogP contribution is -2.27. The van der Waals surface area contributed by atoms with Gasteiger partial charge < -0.3 is 15.8 Å². The van der Waals surface area contributed by atoms with E-state index in [4.69, 9.17) is 10.5 Å². The molecule has 1 fully saturated rings. The zero-order valence-corrected chi connectivity index (χ0v) is 11.0. The SMILES string of the molecule is Nc1ccc(C(=O)NCCC2CCCO2)cc1[N+](=O)[O-]. The van der Waals surface area contributed by atoms with Crippen molar-refractivity contribution in [3.63, 3.8) is 0 Å². The number of rotatable bonds is 5. The summed E-state index contributed by atoms with van der Waals surface area (Å²) in [5, 5.41) is 13.5. The molecule has 1 saturated heterocycles. The molecule has 0 aliphatic carbocycles. The van der Waals surface area contributed by atoms with Gasteiger partial charge in [0.2, 0.25) is 0 Å². The van der Waals surface area contributed by atoms with Crippen LogP contribution in [0.4, 0.5) is 11.4 Å². The zero-order chi connectivity index (χ0) is 14.5. The number of nitrogen functional groups attached to an aromatic ring is 1. The van der Waals surface area contributed by atoms with Gasteiger partial charge in [-0.25, -0.2) is 0 Å². The number of nitro groups is 1. The first-order chi connectivity index (χ1) is 9.58. The molecule has 1 heterocycles. The van der Waals surface area contributed by atoms with Crippen molar-refractivity contribution in [1.82, 2.24) is 5.32 Å². The van der Waals surface area contributed by atoms with E-state index in [0.717, 1.165) is 25.9 Å². The molecule has 108 valence electrons. The summed E-state index contributed by atoms with van der Waals surface area (Å²) in [4.78, 5) is 22.1. The Kier molecular flexibility index (Phi) is 4.52. The molecule has 1 aliphatic rings. The minimum atomic E-state index is -0.599. The first kappa shape index (κ1) is 14.3. The zero-order valence-electron chi connectivity index (χ0n) is 11.0. The minimum Gasteiger partial charge on any atom is -0.393 e. The fourth-order valence-electron chi connectivity index (χ4n) is 2.16. The van der Waals surface area contributed by atoms with Gasteiger partial charge in [-0.05, 0) is 31.4 Å². The summed E-state index contributed by atoms with van der Waals surface area (Å²) in [7, 11) is 0. The lowest BCUT2D eigenvalue weighted by atomic mass is 10.1. The Hall–Kier alpha value is -2.15. The van der Waals surface area contributed by atoms with Gasteiger partial charge in [-0.15, -0.1) is 0 Å². The number of nitrogens with two attached hydrogens (primary N) is 1. The second-order valence-electron chi connectivity index (χ2n) is 4.71. The Balaban J connectivity index is 1.91. The van der Waals surface area contributed by atoms with Crippen molar-refractivity contribution in [2.24, 2.45) is 0 Å². The first-order valence-corrected chi connectivity index (χ1v) is 6.51. The van der Waals surface area contributed by atoms with E-state index in [0.29, 0.717) is 6.54 Å². The van der Waals surface area contributed by atoms with Gasteiger partial charge in [-0.1, -0.05) is 0 Å². The van der Waals surface area contributed by atoms with Crippen LogP contribution in [0.1, 0.15) is 29.6 Å². The third-order valence-electron chi connectivity index (χ3n) is 3.27. The van der Waals surface area contributed by atoms with Gasteiger partial charge in [-0.2, -0.15) is 0 Å². The normalized spacial score (nSPS) is 17.9. The summed E-state index contributed by atoms with van der Waals surface area (Å²) in [6.45, 7) is 1.27. The van der Waals surface area contributed by atoms with Gasteiger partial charge in [-0.3, -0.25) is 14.9 Å². The van der Waals surface area contributed by atoms with E-state index >= 15 is 0 Å². The number of hydrogen-bond donors (Lipinski definition) is 2. The Labute approximate surface area is 116 Å². The maximum absolute atomic E-state index is 11.9. The Morgan fingerprint density at radius 3 is 3.00 bits per heavy atom. The van der Waals surface area contributed by atoms with Gasteiger partial charge in [0, 0.05) is 24.8 Å². The average molecular weight is 279 g/mol. The van der Waals surface area contributed by atoms with Crippen molar-refractivity contribution in [3.05, 3.63) is 33.9 Å². The number of hydrogen-bond acceptors (Lipinski definition) is 5. The standard InChI is InChI=1S/C13H17N3O4/c14-11-4-3-9(8-12(11)16(18)19)13(17)15-6-5-10-2-1-7-20-10/h3-4,8,10H,1-2,5-7,14H2,(H,15,17). The van der Waals surface area contributed by atoms with Crippen molar-refractivity contribution in [1.29, 1.82) is 0 Å². The molecule has 20 heavy (non-hydrogen) atoms. The molecule has 1 aromatic rings. The van der Waals surface area contributed by atoms with E-state index in [9.17, 15) is 14.9 Å². The van der Waals surface area contributed by atoms with Crippen LogP contribution in [-0.4, -0.2) is 30.1 Å². The van der Waals surface area contributed by atoms with E-state index in [1.54, 1.807) is 0 Å². The number of anilines is 1. The average Bonchev–Trinajstić information content (AvgIpc) is 2.92. The van der Waals surface area contributed by atoms with Crippen molar-refractivity contribution in [2.45, 2.75) is 25.4 Å². The number of benzene rings is 1. The minimum absolute atomic E-state index is 0.0471. The maximum atomic E-state index is 11.9. The van der Waals surface area contributed by atoms with Crippen LogP contribution in [0, 0.1) is 10.1 Å². The Morgan fingerprint density at radius 1 is 1.55 bits per heavy atom. The van der Waals surface area contributed by atoms with E-state index in [-0.39, 0.29) is 28.9 Å². The third-order valence-corrected chi connectivity index (χ3v) is 3.27. The van der Waals surface area contributed by atoms with Gasteiger partial charge >= 0.3 is 0 Å². The molecular formula is C13H17N3O4. The number of nitro benzene ring substituents is 1. The van der Waals surface area contributed by atoms with Crippen LogP contribution >= 0.6 is 0 Å². The van der Waals surface area contributed by atoms with Crippen molar-refractivity contribution in [2.75, 3.05) is 18.9 Å². The number of amides is 1. The largest absolute Gasteiger partial charge is 0.393 e. The maximum Gasteiger partial charge on any atom is 0.292 e. The van der Waals surface area contributed by atoms with Crippen molar-refractivity contribution in [3.8, 4) is 0 Å². The monoisotopic (exact) mass is 279 g/mol. The molecule has 0 spiro atoms. The van der Waals surface area contributed by atoms with Crippen LogP contribution in [0.2, 0.25) is 0 Å². The van der Waals surface area contributed by atoms with E-state index < -0.39 is 4.92 Å². The molecule has 0 radical (unpaired) electrons. The second kappa shape index (κ2) is 6.33. The molecule has 1 aromatic carbocycles. The first-order valence-electron chi connectivity index (χ1n) is 6.51. The number of nitrogens with one attached hydrogen (secondary N) is 1. The van der Waals surface area contributed by atoms with Gasteiger partial charge in [0.15, 0.2) is 0 Å².